The first-order valence-corrected chi connectivity index (χ1v) is 10.4. The van der Waals surface area contributed by atoms with Gasteiger partial charge in [0, 0.05) is 24.5 Å². The van der Waals surface area contributed by atoms with Gasteiger partial charge in [0.2, 0.25) is 17.7 Å². The van der Waals surface area contributed by atoms with Gasteiger partial charge in [0.1, 0.15) is 12.1 Å². The van der Waals surface area contributed by atoms with Crippen LogP contribution in [-0.4, -0.2) is 93.9 Å². The summed E-state index contributed by atoms with van der Waals surface area (Å²) in [5.41, 5.74) is 0. The molecule has 3 saturated heterocycles. The van der Waals surface area contributed by atoms with E-state index in [1.165, 1.54) is 40.4 Å². The van der Waals surface area contributed by atoms with E-state index < -0.39 is 18.1 Å². The van der Waals surface area contributed by atoms with Crippen molar-refractivity contribution in [3.63, 3.8) is 0 Å². The molecule has 25 heavy (non-hydrogen) atoms. The summed E-state index contributed by atoms with van der Waals surface area (Å²) in [7, 11) is 1.31. The van der Waals surface area contributed by atoms with Gasteiger partial charge in [-0.05, 0) is 6.42 Å². The summed E-state index contributed by atoms with van der Waals surface area (Å²) < 4.78 is 4.78. The molecular formula is C15H21N3O5S2. The summed E-state index contributed by atoms with van der Waals surface area (Å²) in [5.74, 6) is 1.01. The van der Waals surface area contributed by atoms with Crippen molar-refractivity contribution in [1.29, 1.82) is 0 Å². The van der Waals surface area contributed by atoms with Crippen molar-refractivity contribution in [1.82, 2.24) is 14.7 Å². The van der Waals surface area contributed by atoms with E-state index in [1.54, 1.807) is 4.90 Å². The molecule has 0 aliphatic carbocycles. The lowest BCUT2D eigenvalue weighted by Crippen LogP contribution is -2.54. The first-order chi connectivity index (χ1) is 12.0. The Hall–Kier alpha value is -1.42. The van der Waals surface area contributed by atoms with E-state index >= 15 is 0 Å². The number of nitrogens with zero attached hydrogens (tertiary/aromatic N) is 3. The number of likely N-dealkylation sites (tertiary alicyclic amines) is 1. The number of carbonyl (C=O) groups is 4. The molecule has 10 heteroatoms. The van der Waals surface area contributed by atoms with Crippen molar-refractivity contribution in [3.8, 4) is 0 Å². The average molecular weight is 387 g/mol. The molecule has 0 aromatic carbocycles. The summed E-state index contributed by atoms with van der Waals surface area (Å²) in [6.45, 7) is 0.621. The summed E-state index contributed by atoms with van der Waals surface area (Å²) >= 11 is 3.01. The van der Waals surface area contributed by atoms with E-state index in [2.05, 4.69) is 0 Å². The highest BCUT2D eigenvalue weighted by molar-refractivity contribution is 7.99. The lowest BCUT2D eigenvalue weighted by Gasteiger charge is -2.30. The molecule has 3 amide bonds. The summed E-state index contributed by atoms with van der Waals surface area (Å²) in [6, 6.07) is -1.17. The fourth-order valence-electron chi connectivity index (χ4n) is 3.20. The molecule has 0 radical (unpaired) electrons. The quantitative estimate of drug-likeness (QED) is 0.606. The molecule has 0 aromatic heterocycles. The maximum absolute atomic E-state index is 12.9. The van der Waals surface area contributed by atoms with E-state index in [9.17, 15) is 19.2 Å². The number of ether oxygens (including phenoxy) is 1. The Labute approximate surface area is 154 Å². The molecule has 3 aliphatic heterocycles. The van der Waals surface area contributed by atoms with Gasteiger partial charge in [-0.2, -0.15) is 0 Å². The predicted octanol–water partition coefficient (Wildman–Crippen LogP) is -0.415. The van der Waals surface area contributed by atoms with Gasteiger partial charge in [0.05, 0.1) is 25.4 Å². The van der Waals surface area contributed by atoms with Crippen LogP contribution in [-0.2, 0) is 23.9 Å². The minimum Gasteiger partial charge on any atom is -0.467 e. The van der Waals surface area contributed by atoms with Gasteiger partial charge in [-0.3, -0.25) is 14.4 Å². The van der Waals surface area contributed by atoms with Crippen molar-refractivity contribution in [2.45, 2.75) is 24.9 Å². The number of thioether (sulfide) groups is 2. The molecule has 0 unspecified atom stereocenters. The van der Waals surface area contributed by atoms with Crippen molar-refractivity contribution >= 4 is 47.2 Å². The maximum atomic E-state index is 12.9. The Kier molecular flexibility index (Phi) is 5.78. The second kappa shape index (κ2) is 7.86. The molecule has 3 rings (SSSR count). The highest BCUT2D eigenvalue weighted by Gasteiger charge is 2.43. The fourth-order valence-corrected chi connectivity index (χ4v) is 5.52. The largest absolute Gasteiger partial charge is 0.467 e. The van der Waals surface area contributed by atoms with E-state index in [0.29, 0.717) is 36.2 Å². The molecule has 3 heterocycles. The van der Waals surface area contributed by atoms with Crippen molar-refractivity contribution < 1.29 is 23.9 Å². The van der Waals surface area contributed by atoms with Crippen LogP contribution in [0.5, 0.6) is 0 Å². The van der Waals surface area contributed by atoms with Gasteiger partial charge in [-0.25, -0.2) is 4.79 Å². The van der Waals surface area contributed by atoms with Crippen LogP contribution < -0.4 is 0 Å². The minimum atomic E-state index is -0.592. The fraction of sp³-hybridized carbons (Fsp3) is 0.733. The highest BCUT2D eigenvalue weighted by Crippen LogP contribution is 2.28. The normalized spacial score (nSPS) is 26.4. The van der Waals surface area contributed by atoms with Crippen LogP contribution in [0.2, 0.25) is 0 Å². The Balaban J connectivity index is 1.66. The Morgan fingerprint density at radius 2 is 1.80 bits per heavy atom. The number of methoxy groups -OCH3 is 1. The van der Waals surface area contributed by atoms with Crippen LogP contribution in [0.15, 0.2) is 0 Å². The maximum Gasteiger partial charge on any atom is 0.329 e. The lowest BCUT2D eigenvalue weighted by atomic mass is 10.2. The van der Waals surface area contributed by atoms with Crippen LogP contribution in [0.1, 0.15) is 12.8 Å². The number of amides is 3. The molecular weight excluding hydrogens is 366 g/mol. The molecule has 3 aliphatic rings. The molecule has 2 atom stereocenters. The third-order valence-corrected chi connectivity index (χ3v) is 6.65. The van der Waals surface area contributed by atoms with Gasteiger partial charge in [0.15, 0.2) is 0 Å². The monoisotopic (exact) mass is 387 g/mol. The second-order valence-electron chi connectivity index (χ2n) is 6.14. The van der Waals surface area contributed by atoms with Gasteiger partial charge in [-0.1, -0.05) is 0 Å². The molecule has 3 fully saturated rings. The van der Waals surface area contributed by atoms with E-state index in [0.717, 1.165) is 6.42 Å². The molecule has 8 nitrogen and oxygen atoms in total. The molecule has 0 N–H and O–H groups in total. The van der Waals surface area contributed by atoms with E-state index in [-0.39, 0.29) is 24.3 Å². The topological polar surface area (TPSA) is 87.2 Å². The highest BCUT2D eigenvalue weighted by atomic mass is 32.2. The van der Waals surface area contributed by atoms with Crippen molar-refractivity contribution in [3.05, 3.63) is 0 Å². The molecule has 138 valence electrons. The lowest BCUT2D eigenvalue weighted by molar-refractivity contribution is -0.153. The number of hydrogen-bond donors (Lipinski definition) is 0. The van der Waals surface area contributed by atoms with Crippen molar-refractivity contribution in [2.24, 2.45) is 0 Å². The third-order valence-electron chi connectivity index (χ3n) is 4.62. The van der Waals surface area contributed by atoms with E-state index in [1.807, 2.05) is 0 Å². The molecule has 0 saturated carbocycles. The average Bonchev–Trinajstić information content (AvgIpc) is 3.34. The third kappa shape index (κ3) is 3.74. The van der Waals surface area contributed by atoms with Gasteiger partial charge >= 0.3 is 5.97 Å². The number of esters is 1. The van der Waals surface area contributed by atoms with Gasteiger partial charge in [0.25, 0.3) is 0 Å². The minimum absolute atomic E-state index is 0.00947. The first-order valence-electron chi connectivity index (χ1n) is 8.14. The van der Waals surface area contributed by atoms with Crippen LogP contribution in [0, 0.1) is 0 Å². The zero-order valence-electron chi connectivity index (χ0n) is 14.0. The van der Waals surface area contributed by atoms with Crippen LogP contribution in [0.3, 0.4) is 0 Å². The summed E-state index contributed by atoms with van der Waals surface area (Å²) in [5, 5.41) is 0. The molecule has 0 spiro atoms. The van der Waals surface area contributed by atoms with Gasteiger partial charge < -0.3 is 19.4 Å². The Morgan fingerprint density at radius 1 is 1.12 bits per heavy atom. The zero-order chi connectivity index (χ0) is 18.0. The number of carbonyl (C=O) groups excluding carboxylic acids is 4. The Bertz CT molecular complexity index is 588. The van der Waals surface area contributed by atoms with Crippen LogP contribution >= 0.6 is 23.5 Å². The second-order valence-corrected chi connectivity index (χ2v) is 8.14. The smallest absolute Gasteiger partial charge is 0.329 e. The molecule has 0 bridgehead atoms. The first kappa shape index (κ1) is 18.4. The predicted molar refractivity (Wildman–Crippen MR) is 93.7 cm³/mol. The van der Waals surface area contributed by atoms with E-state index in [4.69, 9.17) is 4.74 Å². The Morgan fingerprint density at radius 3 is 2.44 bits per heavy atom. The van der Waals surface area contributed by atoms with Crippen LogP contribution in [0.25, 0.3) is 0 Å². The zero-order valence-corrected chi connectivity index (χ0v) is 15.6. The summed E-state index contributed by atoms with van der Waals surface area (Å²) in [6.07, 6.45) is 1.26. The van der Waals surface area contributed by atoms with Crippen LogP contribution in [0.4, 0.5) is 0 Å². The number of rotatable bonds is 4. The standard InChI is InChI=1S/C15H21N3O5S2/c1-23-15(22)11-7-25-9-18(11)14(21)10-6-24-8-17(10)13(20)5-16-4-2-3-12(16)19/h10-11H,2-9H2,1H3/t10-,11-/m0/s1. The SMILES string of the molecule is COC(=O)[C@@H]1CSCN1C(=O)[C@@H]1CSCN1C(=O)CN1CCCC1=O. The summed E-state index contributed by atoms with van der Waals surface area (Å²) in [4.78, 5) is 53.7. The number of hydrogen-bond acceptors (Lipinski definition) is 7. The van der Waals surface area contributed by atoms with Gasteiger partial charge in [-0.15, -0.1) is 23.5 Å². The van der Waals surface area contributed by atoms with Crippen molar-refractivity contribution in [2.75, 3.05) is 43.5 Å². The molecule has 0 aromatic rings.